The van der Waals surface area contributed by atoms with Gasteiger partial charge in [-0.05, 0) is 25.0 Å². The number of imide groups is 1. The summed E-state index contributed by atoms with van der Waals surface area (Å²) in [6.45, 7) is 0. The van der Waals surface area contributed by atoms with Gasteiger partial charge in [-0.2, -0.15) is 0 Å². The van der Waals surface area contributed by atoms with Crippen molar-refractivity contribution in [3.05, 3.63) is 42.0 Å². The van der Waals surface area contributed by atoms with Gasteiger partial charge in [-0.15, -0.1) is 23.2 Å². The summed E-state index contributed by atoms with van der Waals surface area (Å²) >= 11 is 23.7. The Morgan fingerprint density at radius 1 is 1.11 bits per heavy atom. The second kappa shape index (κ2) is 9.59. The highest BCUT2D eigenvalue weighted by Crippen LogP contribution is 2.48. The fraction of sp³-hybridized carbons (Fsp3) is 0.353. The lowest BCUT2D eigenvalue weighted by molar-refractivity contribution is -0.133. The zero-order valence-electron chi connectivity index (χ0n) is 14.1. The van der Waals surface area contributed by atoms with Crippen molar-refractivity contribution < 1.29 is 24.6 Å². The van der Waals surface area contributed by atoms with Crippen LogP contribution in [0.1, 0.15) is 23.2 Å². The quantitative estimate of drug-likeness (QED) is 0.279. The van der Waals surface area contributed by atoms with Gasteiger partial charge in [-0.25, -0.2) is 9.10 Å². The Hall–Kier alpha value is -1.12. The van der Waals surface area contributed by atoms with Crippen molar-refractivity contribution in [2.75, 3.05) is 0 Å². The van der Waals surface area contributed by atoms with Crippen LogP contribution in [-0.4, -0.2) is 40.8 Å². The summed E-state index contributed by atoms with van der Waals surface area (Å²) in [5.41, 5.74) is -0.0671. The minimum absolute atomic E-state index is 0.0671. The number of phenols is 1. The molecule has 152 valence electrons. The first-order valence-electron chi connectivity index (χ1n) is 7.95. The number of carboxylic acids is 1. The van der Waals surface area contributed by atoms with E-state index in [4.69, 9.17) is 56.6 Å². The number of aromatic hydroxyl groups is 1. The molecule has 1 saturated heterocycles. The largest absolute Gasteiger partial charge is 0.507 e. The first-order chi connectivity index (χ1) is 13.1. The maximum atomic E-state index is 12.1. The lowest BCUT2D eigenvalue weighted by atomic mass is 9.85. The van der Waals surface area contributed by atoms with Crippen LogP contribution in [-0.2, 0) is 9.59 Å². The van der Waals surface area contributed by atoms with E-state index in [-0.39, 0.29) is 35.0 Å². The Morgan fingerprint density at radius 3 is 2.00 bits per heavy atom. The number of carboxylic acid groups (broad SMARTS) is 1. The molecule has 11 heteroatoms. The lowest BCUT2D eigenvalue weighted by Crippen LogP contribution is -2.31. The number of amides is 2. The van der Waals surface area contributed by atoms with Gasteiger partial charge in [-0.3, -0.25) is 9.59 Å². The molecular weight excluding hydrogens is 472 g/mol. The Morgan fingerprint density at radius 2 is 1.61 bits per heavy atom. The second-order valence-electron chi connectivity index (χ2n) is 5.90. The number of aromatic carboxylic acids is 1. The highest BCUT2D eigenvalue weighted by atomic mass is 35.5. The number of carbonyl (C=O) groups excluding carboxylic acids is 2. The summed E-state index contributed by atoms with van der Waals surface area (Å²) in [6, 6.07) is 5.81. The van der Waals surface area contributed by atoms with Crippen LogP contribution in [0.5, 0.6) is 5.75 Å². The highest BCUT2D eigenvalue weighted by Gasteiger charge is 2.51. The van der Waals surface area contributed by atoms with Crippen LogP contribution in [0.3, 0.4) is 0 Å². The molecule has 1 aromatic rings. The van der Waals surface area contributed by atoms with Crippen molar-refractivity contribution in [3.63, 3.8) is 0 Å². The van der Waals surface area contributed by atoms with E-state index in [1.165, 1.54) is 12.1 Å². The highest BCUT2D eigenvalue weighted by molar-refractivity contribution is 8.02. The van der Waals surface area contributed by atoms with Gasteiger partial charge in [0.2, 0.25) is 15.5 Å². The SMILES string of the molecule is O=C(O)c1ccccc1O.O=C1C2CC=CCC2C(=O)N1SC(Cl)(Cl)C(Cl)Cl. The lowest BCUT2D eigenvalue weighted by Gasteiger charge is -2.24. The van der Waals surface area contributed by atoms with Gasteiger partial charge in [0.15, 0.2) is 4.84 Å². The van der Waals surface area contributed by atoms with Crippen LogP contribution in [0.4, 0.5) is 0 Å². The molecule has 6 nitrogen and oxygen atoms in total. The molecular formula is C17H15Cl4NO5S. The number of hydrogen-bond donors (Lipinski definition) is 2. The third kappa shape index (κ3) is 5.27. The standard InChI is InChI=1S/C10H9Cl4NO2S.C7H6O3/c11-9(12)10(13,14)18-15-7(16)5-3-1-2-4-6(5)8(15)17;8-6-4-2-1-3-5(6)7(9)10/h1-2,5-6,9H,3-4H2;1-4,8H,(H,9,10). The molecule has 0 radical (unpaired) electrons. The van der Waals surface area contributed by atoms with E-state index in [1.54, 1.807) is 12.1 Å². The van der Waals surface area contributed by atoms with E-state index in [1.807, 2.05) is 12.2 Å². The zero-order valence-corrected chi connectivity index (χ0v) is 17.9. The maximum Gasteiger partial charge on any atom is 0.339 e. The normalized spacial score (nSPS) is 21.4. The van der Waals surface area contributed by atoms with Gasteiger partial charge in [0, 0.05) is 11.9 Å². The predicted octanol–water partition coefficient (Wildman–Crippen LogP) is 4.61. The van der Waals surface area contributed by atoms with Gasteiger partial charge in [0.1, 0.15) is 11.3 Å². The van der Waals surface area contributed by atoms with Crippen LogP contribution in [0.15, 0.2) is 36.4 Å². The second-order valence-corrected chi connectivity index (χ2v) is 10.0. The number of alkyl halides is 4. The molecule has 0 spiro atoms. The molecule has 2 amide bonds. The Kier molecular flexibility index (Phi) is 7.93. The minimum atomic E-state index is -1.63. The van der Waals surface area contributed by atoms with Gasteiger partial charge < -0.3 is 10.2 Å². The topological polar surface area (TPSA) is 94.9 Å². The molecule has 1 heterocycles. The number of hydrogen-bond acceptors (Lipinski definition) is 5. The first kappa shape index (κ1) is 23.2. The Bertz CT molecular complexity index is 776. The summed E-state index contributed by atoms with van der Waals surface area (Å²) in [4.78, 5) is 33.3. The van der Waals surface area contributed by atoms with Crippen molar-refractivity contribution in [1.29, 1.82) is 0 Å². The number of fused-ring (bicyclic) bond motifs is 1. The minimum Gasteiger partial charge on any atom is -0.507 e. The number of carbonyl (C=O) groups is 3. The number of halogens is 4. The number of nitrogens with zero attached hydrogens (tertiary/aromatic N) is 1. The average Bonchev–Trinajstić information content (AvgIpc) is 2.87. The van der Waals surface area contributed by atoms with Gasteiger partial charge in [0.25, 0.3) is 0 Å². The molecule has 2 atom stereocenters. The van der Waals surface area contributed by atoms with Crippen LogP contribution in [0.2, 0.25) is 0 Å². The van der Waals surface area contributed by atoms with Crippen LogP contribution < -0.4 is 0 Å². The smallest absolute Gasteiger partial charge is 0.339 e. The van der Waals surface area contributed by atoms with Gasteiger partial charge >= 0.3 is 5.97 Å². The summed E-state index contributed by atoms with van der Waals surface area (Å²) in [7, 11) is 0. The number of benzene rings is 1. The van der Waals surface area contributed by atoms with Crippen molar-refractivity contribution in [2.45, 2.75) is 21.3 Å². The fourth-order valence-electron chi connectivity index (χ4n) is 2.68. The zero-order chi connectivity index (χ0) is 21.1. The van der Waals surface area contributed by atoms with E-state index < -0.39 is 14.5 Å². The molecule has 28 heavy (non-hydrogen) atoms. The van der Waals surface area contributed by atoms with Crippen LogP contribution >= 0.6 is 58.4 Å². The van der Waals surface area contributed by atoms with Crippen molar-refractivity contribution >= 4 is 76.1 Å². The molecule has 0 bridgehead atoms. The van der Waals surface area contributed by atoms with Crippen molar-refractivity contribution in [2.24, 2.45) is 11.8 Å². The molecule has 3 rings (SSSR count). The molecule has 2 aliphatic rings. The van der Waals surface area contributed by atoms with E-state index in [0.717, 1.165) is 4.31 Å². The number of allylic oxidation sites excluding steroid dienone is 2. The summed E-state index contributed by atoms with van der Waals surface area (Å²) < 4.78 is -0.630. The predicted molar refractivity (Wildman–Crippen MR) is 110 cm³/mol. The summed E-state index contributed by atoms with van der Waals surface area (Å²) in [5, 5.41) is 17.3. The molecule has 1 aromatic carbocycles. The third-order valence-corrected chi connectivity index (χ3v) is 7.30. The average molecular weight is 487 g/mol. The molecule has 1 aliphatic heterocycles. The first-order valence-corrected chi connectivity index (χ1v) is 10.4. The maximum absolute atomic E-state index is 12.1. The summed E-state index contributed by atoms with van der Waals surface area (Å²) in [6.07, 6.45) is 4.94. The molecule has 0 aromatic heterocycles. The van der Waals surface area contributed by atoms with E-state index >= 15 is 0 Å². The molecule has 1 fully saturated rings. The van der Waals surface area contributed by atoms with E-state index in [0.29, 0.717) is 24.8 Å². The van der Waals surface area contributed by atoms with Gasteiger partial charge in [0.05, 0.1) is 11.8 Å². The van der Waals surface area contributed by atoms with Crippen molar-refractivity contribution in [1.82, 2.24) is 4.31 Å². The molecule has 2 N–H and O–H groups in total. The molecule has 2 unspecified atom stereocenters. The van der Waals surface area contributed by atoms with Crippen LogP contribution in [0, 0.1) is 11.8 Å². The third-order valence-electron chi connectivity index (χ3n) is 4.07. The van der Waals surface area contributed by atoms with E-state index in [2.05, 4.69) is 0 Å². The number of rotatable bonds is 4. The Balaban J connectivity index is 0.000000237. The number of para-hydroxylation sites is 1. The molecule has 0 saturated carbocycles. The monoisotopic (exact) mass is 485 g/mol. The van der Waals surface area contributed by atoms with Crippen molar-refractivity contribution in [3.8, 4) is 5.75 Å². The van der Waals surface area contributed by atoms with Gasteiger partial charge in [-0.1, -0.05) is 47.5 Å². The fourth-order valence-corrected chi connectivity index (χ4v) is 4.10. The van der Waals surface area contributed by atoms with E-state index in [9.17, 15) is 14.4 Å². The molecule has 1 aliphatic carbocycles. The van der Waals surface area contributed by atoms with Crippen LogP contribution in [0.25, 0.3) is 0 Å². The Labute approximate surface area is 185 Å². The summed E-state index contributed by atoms with van der Waals surface area (Å²) in [5.74, 6) is -2.50.